The Bertz CT molecular complexity index is 378. The van der Waals surface area contributed by atoms with Crippen LogP contribution in [0.5, 0.6) is 0 Å². The number of hydrogen-bond donors (Lipinski definition) is 1. The van der Waals surface area contributed by atoms with E-state index in [1.54, 1.807) is 6.92 Å². The average molecular weight is 265 g/mol. The first-order valence-electron chi connectivity index (χ1n) is 4.70. The highest BCUT2D eigenvalue weighted by Crippen LogP contribution is 2.36. The Morgan fingerprint density at radius 1 is 1.35 bits per heavy atom. The Hall–Kier alpha value is -1.37. The Kier molecular flexibility index (Phi) is 4.68. The van der Waals surface area contributed by atoms with E-state index in [-0.39, 0.29) is 23.3 Å². The normalized spacial score (nSPS) is 11.1. The van der Waals surface area contributed by atoms with Crippen molar-refractivity contribution >= 4 is 23.5 Å². The third-order valence-electron chi connectivity index (χ3n) is 1.61. The first kappa shape index (κ1) is 13.7. The van der Waals surface area contributed by atoms with Crippen molar-refractivity contribution in [3.63, 3.8) is 0 Å². The Morgan fingerprint density at radius 3 is 2.41 bits per heavy atom. The second-order valence-electron chi connectivity index (χ2n) is 2.92. The van der Waals surface area contributed by atoms with Crippen LogP contribution in [0.1, 0.15) is 6.92 Å². The molecule has 1 N–H and O–H groups in total. The second-order valence-corrected chi connectivity index (χ2v) is 4.06. The number of anilines is 1. The zero-order valence-electron chi connectivity index (χ0n) is 8.88. The minimum atomic E-state index is -4.31. The molecule has 0 spiro atoms. The first-order chi connectivity index (χ1) is 7.90. The van der Waals surface area contributed by atoms with Crippen LogP contribution in [-0.4, -0.2) is 18.2 Å². The van der Waals surface area contributed by atoms with Gasteiger partial charge in [-0.05, 0) is 43.0 Å². The Labute approximate surface area is 100 Å². The van der Waals surface area contributed by atoms with Crippen molar-refractivity contribution in [3.8, 4) is 0 Å². The van der Waals surface area contributed by atoms with Gasteiger partial charge in [0, 0.05) is 10.6 Å². The number of nitrogens with one attached hydrogen (secondary N) is 1. The number of thioether (sulfide) groups is 1. The molecule has 1 aromatic rings. The largest absolute Gasteiger partial charge is 0.450 e. The van der Waals surface area contributed by atoms with E-state index in [0.29, 0.717) is 5.69 Å². The maximum absolute atomic E-state index is 12.0. The SMILES string of the molecule is CCOC(=O)Nc1ccc(SC(F)(F)F)cc1. The quantitative estimate of drug-likeness (QED) is 0.843. The second kappa shape index (κ2) is 5.81. The number of benzene rings is 1. The molecule has 0 radical (unpaired) electrons. The average Bonchev–Trinajstić information content (AvgIpc) is 2.19. The van der Waals surface area contributed by atoms with Gasteiger partial charge < -0.3 is 4.74 Å². The highest BCUT2D eigenvalue weighted by Gasteiger charge is 2.28. The molecular formula is C10H10F3NO2S. The van der Waals surface area contributed by atoms with E-state index >= 15 is 0 Å². The lowest BCUT2D eigenvalue weighted by atomic mass is 10.3. The van der Waals surface area contributed by atoms with Crippen LogP contribution in [0.15, 0.2) is 29.2 Å². The summed E-state index contributed by atoms with van der Waals surface area (Å²) >= 11 is -0.205. The van der Waals surface area contributed by atoms with Crippen LogP contribution < -0.4 is 5.32 Å². The summed E-state index contributed by atoms with van der Waals surface area (Å²) in [4.78, 5) is 11.1. The van der Waals surface area contributed by atoms with Crippen molar-refractivity contribution in [1.29, 1.82) is 0 Å². The van der Waals surface area contributed by atoms with E-state index in [2.05, 4.69) is 10.1 Å². The van der Waals surface area contributed by atoms with Crippen LogP contribution in [0.25, 0.3) is 0 Å². The molecule has 3 nitrogen and oxygen atoms in total. The third-order valence-corrected chi connectivity index (χ3v) is 2.35. The number of carbonyl (C=O) groups excluding carboxylic acids is 1. The molecule has 1 aromatic carbocycles. The number of hydrogen-bond acceptors (Lipinski definition) is 3. The van der Waals surface area contributed by atoms with Gasteiger partial charge in [-0.25, -0.2) is 4.79 Å². The molecule has 0 saturated heterocycles. The van der Waals surface area contributed by atoms with Crippen molar-refractivity contribution in [1.82, 2.24) is 0 Å². The van der Waals surface area contributed by atoms with E-state index < -0.39 is 11.6 Å². The van der Waals surface area contributed by atoms with Crippen LogP contribution in [0.2, 0.25) is 0 Å². The molecule has 1 rings (SSSR count). The van der Waals surface area contributed by atoms with Crippen molar-refractivity contribution in [2.24, 2.45) is 0 Å². The van der Waals surface area contributed by atoms with Gasteiger partial charge in [-0.15, -0.1) is 0 Å². The van der Waals surface area contributed by atoms with Crippen molar-refractivity contribution in [2.75, 3.05) is 11.9 Å². The predicted octanol–water partition coefficient (Wildman–Crippen LogP) is 3.87. The standard InChI is InChI=1S/C10H10F3NO2S/c1-2-16-9(15)14-7-3-5-8(6-4-7)17-10(11,12)13/h3-6H,2H2,1H3,(H,14,15). The minimum absolute atomic E-state index is 0.0620. The van der Waals surface area contributed by atoms with Gasteiger partial charge in [0.2, 0.25) is 0 Å². The number of ether oxygens (including phenoxy) is 1. The van der Waals surface area contributed by atoms with Crippen molar-refractivity contribution < 1.29 is 22.7 Å². The van der Waals surface area contributed by atoms with Gasteiger partial charge in [-0.1, -0.05) is 0 Å². The lowest BCUT2D eigenvalue weighted by Crippen LogP contribution is -2.13. The fourth-order valence-corrected chi connectivity index (χ4v) is 1.56. The highest BCUT2D eigenvalue weighted by molar-refractivity contribution is 8.00. The maximum atomic E-state index is 12.0. The van der Waals surface area contributed by atoms with Crippen LogP contribution in [0.3, 0.4) is 0 Å². The zero-order chi connectivity index (χ0) is 12.9. The fourth-order valence-electron chi connectivity index (χ4n) is 1.02. The minimum Gasteiger partial charge on any atom is -0.450 e. The molecule has 0 aromatic heterocycles. The number of carbonyl (C=O) groups is 1. The Balaban J connectivity index is 2.59. The molecule has 0 atom stereocenters. The first-order valence-corrected chi connectivity index (χ1v) is 5.52. The monoisotopic (exact) mass is 265 g/mol. The molecule has 94 valence electrons. The fraction of sp³-hybridized carbons (Fsp3) is 0.300. The van der Waals surface area contributed by atoms with Gasteiger partial charge in [-0.2, -0.15) is 13.2 Å². The van der Waals surface area contributed by atoms with Gasteiger partial charge in [0.05, 0.1) is 6.61 Å². The molecule has 0 unspecified atom stereocenters. The van der Waals surface area contributed by atoms with E-state index in [1.165, 1.54) is 24.3 Å². The predicted molar refractivity (Wildman–Crippen MR) is 59.0 cm³/mol. The summed E-state index contributed by atoms with van der Waals surface area (Å²) in [6.07, 6.45) is -0.635. The molecule has 17 heavy (non-hydrogen) atoms. The van der Waals surface area contributed by atoms with Crippen molar-refractivity contribution in [3.05, 3.63) is 24.3 Å². The lowest BCUT2D eigenvalue weighted by molar-refractivity contribution is -0.0328. The van der Waals surface area contributed by atoms with Crippen LogP contribution in [0, 0.1) is 0 Å². The molecule has 0 fully saturated rings. The van der Waals surface area contributed by atoms with E-state index in [1.807, 2.05) is 0 Å². The lowest BCUT2D eigenvalue weighted by Gasteiger charge is -2.07. The molecular weight excluding hydrogens is 255 g/mol. The van der Waals surface area contributed by atoms with Gasteiger partial charge in [0.25, 0.3) is 0 Å². The smallest absolute Gasteiger partial charge is 0.446 e. The summed E-state index contributed by atoms with van der Waals surface area (Å²) in [6.45, 7) is 1.89. The summed E-state index contributed by atoms with van der Waals surface area (Å²) < 4.78 is 40.7. The number of rotatable bonds is 3. The van der Waals surface area contributed by atoms with Gasteiger partial charge in [0.15, 0.2) is 0 Å². The van der Waals surface area contributed by atoms with E-state index in [0.717, 1.165) is 0 Å². The summed E-state index contributed by atoms with van der Waals surface area (Å²) in [7, 11) is 0. The van der Waals surface area contributed by atoms with E-state index in [4.69, 9.17) is 0 Å². The number of alkyl halides is 3. The number of amides is 1. The highest BCUT2D eigenvalue weighted by atomic mass is 32.2. The molecule has 7 heteroatoms. The molecule has 0 aliphatic rings. The number of halogens is 3. The third kappa shape index (κ3) is 5.48. The van der Waals surface area contributed by atoms with Crippen molar-refractivity contribution in [2.45, 2.75) is 17.3 Å². The topological polar surface area (TPSA) is 38.3 Å². The summed E-state index contributed by atoms with van der Waals surface area (Å²) in [6, 6.07) is 5.31. The molecule has 1 amide bonds. The maximum Gasteiger partial charge on any atom is 0.446 e. The van der Waals surface area contributed by atoms with Gasteiger partial charge >= 0.3 is 11.6 Å². The summed E-state index contributed by atoms with van der Waals surface area (Å²) in [5, 5.41) is 2.38. The molecule has 0 heterocycles. The molecule has 0 aliphatic heterocycles. The van der Waals surface area contributed by atoms with Crippen LogP contribution in [0.4, 0.5) is 23.7 Å². The Morgan fingerprint density at radius 2 is 1.94 bits per heavy atom. The van der Waals surface area contributed by atoms with E-state index in [9.17, 15) is 18.0 Å². The van der Waals surface area contributed by atoms with Gasteiger partial charge in [-0.3, -0.25) is 5.32 Å². The molecule has 0 aliphatic carbocycles. The van der Waals surface area contributed by atoms with Crippen LogP contribution in [-0.2, 0) is 4.74 Å². The summed E-state index contributed by atoms with van der Waals surface area (Å²) in [5.74, 6) is 0. The van der Waals surface area contributed by atoms with Crippen LogP contribution >= 0.6 is 11.8 Å². The molecule has 0 saturated carbocycles. The van der Waals surface area contributed by atoms with Gasteiger partial charge in [0.1, 0.15) is 0 Å². The zero-order valence-corrected chi connectivity index (χ0v) is 9.69. The summed E-state index contributed by atoms with van der Waals surface area (Å²) in [5.41, 5.74) is -3.93. The molecule has 0 bridgehead atoms.